The molecule has 1 aliphatic heterocycles. The molecule has 2 N–H and O–H groups in total. The van der Waals surface area contributed by atoms with E-state index in [1.807, 2.05) is 6.92 Å². The van der Waals surface area contributed by atoms with E-state index in [1.165, 1.54) is 4.90 Å². The summed E-state index contributed by atoms with van der Waals surface area (Å²) in [4.78, 5) is 1.41. The SMILES string of the molecule is CCC[C@@H]1[C@@H]2C[NH+](C(C)C)CC=C2[C@@H](C#N)C(=N)C1(C#N)C#N. The van der Waals surface area contributed by atoms with Crippen LogP contribution in [0.1, 0.15) is 33.6 Å². The first kappa shape index (κ1) is 17.2. The third kappa shape index (κ3) is 2.54. The molecule has 120 valence electrons. The quantitative estimate of drug-likeness (QED) is 0.772. The Hall–Kier alpha value is -2.16. The van der Waals surface area contributed by atoms with Crippen LogP contribution >= 0.6 is 0 Å². The molecule has 4 atom stereocenters. The van der Waals surface area contributed by atoms with E-state index in [1.54, 1.807) is 0 Å². The maximum absolute atomic E-state index is 9.74. The van der Waals surface area contributed by atoms with Crippen LogP contribution in [0.2, 0.25) is 0 Å². The number of nitrogens with one attached hydrogen (secondary N) is 2. The molecular weight excluding hydrogens is 286 g/mol. The molecule has 1 aliphatic carbocycles. The minimum atomic E-state index is -1.46. The Balaban J connectivity index is 2.58. The molecule has 1 fully saturated rings. The summed E-state index contributed by atoms with van der Waals surface area (Å²) in [7, 11) is 0. The highest BCUT2D eigenvalue weighted by Gasteiger charge is 2.57. The van der Waals surface area contributed by atoms with Crippen molar-refractivity contribution in [1.29, 1.82) is 21.2 Å². The van der Waals surface area contributed by atoms with Crippen molar-refractivity contribution < 1.29 is 4.90 Å². The van der Waals surface area contributed by atoms with Crippen LogP contribution in [0.4, 0.5) is 0 Å². The van der Waals surface area contributed by atoms with Gasteiger partial charge in [0, 0.05) is 11.8 Å². The van der Waals surface area contributed by atoms with Crippen molar-refractivity contribution in [1.82, 2.24) is 0 Å². The van der Waals surface area contributed by atoms with Gasteiger partial charge < -0.3 is 10.3 Å². The molecule has 23 heavy (non-hydrogen) atoms. The van der Waals surface area contributed by atoms with Gasteiger partial charge >= 0.3 is 0 Å². The fourth-order valence-corrected chi connectivity index (χ4v) is 4.14. The molecule has 0 radical (unpaired) electrons. The summed E-state index contributed by atoms with van der Waals surface area (Å²) in [5.41, 5.74) is -0.502. The van der Waals surface area contributed by atoms with Gasteiger partial charge in [0.05, 0.1) is 43.1 Å². The zero-order chi connectivity index (χ0) is 17.2. The van der Waals surface area contributed by atoms with E-state index in [0.29, 0.717) is 6.04 Å². The lowest BCUT2D eigenvalue weighted by atomic mass is 9.55. The summed E-state index contributed by atoms with van der Waals surface area (Å²) in [6, 6.07) is 6.87. The third-order valence-electron chi connectivity index (χ3n) is 5.50. The summed E-state index contributed by atoms with van der Waals surface area (Å²) < 4.78 is 0. The standard InChI is InChI=1S/C18H23N5/c1-4-5-16-15-9-23(12(2)3)7-6-13(15)14(8-19)17(22)18(16,10-20)11-21/h6,12,14-16,22H,4-5,7,9H2,1-3H3/p+1/t14-,15-,16-/m1/s1. The van der Waals surface area contributed by atoms with E-state index in [0.717, 1.165) is 31.5 Å². The molecule has 1 unspecified atom stereocenters. The van der Waals surface area contributed by atoms with Crippen LogP contribution in [0.5, 0.6) is 0 Å². The highest BCUT2D eigenvalue weighted by atomic mass is 15.2. The molecule has 0 aromatic heterocycles. The van der Waals surface area contributed by atoms with Gasteiger partial charge in [-0.2, -0.15) is 15.8 Å². The van der Waals surface area contributed by atoms with Crippen LogP contribution in [-0.2, 0) is 0 Å². The lowest BCUT2D eigenvalue weighted by Crippen LogP contribution is -3.16. The summed E-state index contributed by atoms with van der Waals surface area (Å²) >= 11 is 0. The molecule has 0 spiro atoms. The first-order chi connectivity index (χ1) is 11.0. The van der Waals surface area contributed by atoms with Crippen molar-refractivity contribution in [3.05, 3.63) is 11.6 Å². The van der Waals surface area contributed by atoms with Gasteiger partial charge in [0.15, 0.2) is 5.41 Å². The Kier molecular flexibility index (Phi) is 4.88. The number of quaternary nitrogens is 1. The predicted octanol–water partition coefficient (Wildman–Crippen LogP) is 1.46. The summed E-state index contributed by atoms with van der Waals surface area (Å²) in [6.45, 7) is 8.05. The van der Waals surface area contributed by atoms with E-state index >= 15 is 0 Å². The molecule has 5 heteroatoms. The highest BCUT2D eigenvalue weighted by molar-refractivity contribution is 5.99. The van der Waals surface area contributed by atoms with Crippen molar-refractivity contribution >= 4 is 5.71 Å². The molecular formula is C18H24N5+. The average Bonchev–Trinajstić information content (AvgIpc) is 2.56. The van der Waals surface area contributed by atoms with Crippen molar-refractivity contribution in [3.63, 3.8) is 0 Å². The minimum Gasteiger partial charge on any atom is -0.329 e. The lowest BCUT2D eigenvalue weighted by Gasteiger charge is -2.46. The Morgan fingerprint density at radius 2 is 2.00 bits per heavy atom. The van der Waals surface area contributed by atoms with Gasteiger partial charge in [-0.05, 0) is 31.9 Å². The molecule has 2 rings (SSSR count). The molecule has 0 saturated heterocycles. The summed E-state index contributed by atoms with van der Waals surface area (Å²) in [6.07, 6.45) is 3.68. The average molecular weight is 310 g/mol. The second-order valence-electron chi connectivity index (χ2n) is 6.93. The number of hydrogen-bond acceptors (Lipinski definition) is 4. The van der Waals surface area contributed by atoms with Crippen molar-refractivity contribution in [2.24, 2.45) is 23.2 Å². The van der Waals surface area contributed by atoms with Crippen molar-refractivity contribution in [2.75, 3.05) is 13.1 Å². The van der Waals surface area contributed by atoms with Gasteiger partial charge in [0.2, 0.25) is 0 Å². The predicted molar refractivity (Wildman–Crippen MR) is 86.3 cm³/mol. The number of rotatable bonds is 3. The van der Waals surface area contributed by atoms with E-state index in [9.17, 15) is 15.8 Å². The van der Waals surface area contributed by atoms with Crippen LogP contribution in [0.15, 0.2) is 11.6 Å². The normalized spacial score (nSPS) is 32.2. The zero-order valence-electron chi connectivity index (χ0n) is 14.1. The number of nitriles is 3. The van der Waals surface area contributed by atoms with Crippen molar-refractivity contribution in [2.45, 2.75) is 39.7 Å². The zero-order valence-corrected chi connectivity index (χ0v) is 14.1. The van der Waals surface area contributed by atoms with Crippen LogP contribution in [0, 0.1) is 62.6 Å². The van der Waals surface area contributed by atoms with E-state index in [2.05, 4.69) is 38.1 Å². The Morgan fingerprint density at radius 3 is 2.48 bits per heavy atom. The van der Waals surface area contributed by atoms with E-state index in [-0.39, 0.29) is 17.5 Å². The van der Waals surface area contributed by atoms with E-state index in [4.69, 9.17) is 5.41 Å². The largest absolute Gasteiger partial charge is 0.329 e. The molecule has 0 bridgehead atoms. The fourth-order valence-electron chi connectivity index (χ4n) is 4.14. The topological polar surface area (TPSA) is 99.7 Å². The van der Waals surface area contributed by atoms with Crippen LogP contribution in [0.3, 0.4) is 0 Å². The lowest BCUT2D eigenvalue weighted by molar-refractivity contribution is -0.921. The summed E-state index contributed by atoms with van der Waals surface area (Å²) in [5, 5.41) is 37.4. The molecule has 2 aliphatic rings. The second-order valence-corrected chi connectivity index (χ2v) is 6.93. The molecule has 1 heterocycles. The van der Waals surface area contributed by atoms with Gasteiger partial charge in [-0.1, -0.05) is 13.3 Å². The van der Waals surface area contributed by atoms with Gasteiger partial charge in [0.1, 0.15) is 5.92 Å². The van der Waals surface area contributed by atoms with Gasteiger partial charge in [-0.15, -0.1) is 0 Å². The van der Waals surface area contributed by atoms with Gasteiger partial charge in [-0.25, -0.2) is 0 Å². The molecule has 0 amide bonds. The number of fused-ring (bicyclic) bond motifs is 1. The second kappa shape index (κ2) is 6.53. The summed E-state index contributed by atoms with van der Waals surface area (Å²) in [5.74, 6) is -0.875. The van der Waals surface area contributed by atoms with Gasteiger partial charge in [0.25, 0.3) is 0 Å². The van der Waals surface area contributed by atoms with Gasteiger partial charge in [-0.3, -0.25) is 0 Å². The molecule has 5 nitrogen and oxygen atoms in total. The molecule has 0 aromatic rings. The number of nitrogens with zero attached hydrogens (tertiary/aromatic N) is 3. The van der Waals surface area contributed by atoms with Crippen LogP contribution < -0.4 is 4.90 Å². The molecule has 0 aromatic carbocycles. The van der Waals surface area contributed by atoms with Crippen LogP contribution in [0.25, 0.3) is 0 Å². The first-order valence-corrected chi connectivity index (χ1v) is 8.32. The maximum Gasteiger partial charge on any atom is 0.185 e. The Morgan fingerprint density at radius 1 is 1.35 bits per heavy atom. The third-order valence-corrected chi connectivity index (χ3v) is 5.50. The molecule has 1 saturated carbocycles. The number of hydrogen-bond donors (Lipinski definition) is 2. The monoisotopic (exact) mass is 310 g/mol. The maximum atomic E-state index is 9.74. The van der Waals surface area contributed by atoms with E-state index < -0.39 is 11.3 Å². The Labute approximate surface area is 138 Å². The van der Waals surface area contributed by atoms with Crippen molar-refractivity contribution in [3.8, 4) is 18.2 Å². The smallest absolute Gasteiger partial charge is 0.185 e. The Bertz CT molecular complexity index is 626. The highest BCUT2D eigenvalue weighted by Crippen LogP contribution is 2.49. The fraction of sp³-hybridized carbons (Fsp3) is 0.667. The first-order valence-electron chi connectivity index (χ1n) is 8.32. The van der Waals surface area contributed by atoms with Crippen LogP contribution in [-0.4, -0.2) is 24.8 Å². The minimum absolute atomic E-state index is 0.0149.